The van der Waals surface area contributed by atoms with Crippen molar-refractivity contribution in [1.29, 1.82) is 0 Å². The highest BCUT2D eigenvalue weighted by Crippen LogP contribution is 2.17. The number of hydrogen-bond donors (Lipinski definition) is 1. The lowest BCUT2D eigenvalue weighted by atomic mass is 10.0. The molecule has 2 fully saturated rings. The standard InChI is InChI=1S/C20H24N2O3/c23-20(17-8-7-15-4-1-2-5-16(15)12-17)21-18-6-3-9-22(13-18)14-19-24-10-11-25-19/h1-2,4-5,7-8,12,18-19H,3,6,9-11,13-14H2,(H,21,23)/t18-/m0/s1. The summed E-state index contributed by atoms with van der Waals surface area (Å²) in [5, 5.41) is 5.44. The van der Waals surface area contributed by atoms with E-state index in [4.69, 9.17) is 9.47 Å². The van der Waals surface area contributed by atoms with E-state index in [1.165, 1.54) is 0 Å². The van der Waals surface area contributed by atoms with Crippen LogP contribution in [0.1, 0.15) is 23.2 Å². The minimum absolute atomic E-state index is 0.00553. The summed E-state index contributed by atoms with van der Waals surface area (Å²) < 4.78 is 11.1. The molecule has 25 heavy (non-hydrogen) atoms. The van der Waals surface area contributed by atoms with E-state index >= 15 is 0 Å². The molecule has 0 bridgehead atoms. The molecule has 2 aliphatic heterocycles. The van der Waals surface area contributed by atoms with E-state index in [-0.39, 0.29) is 18.2 Å². The quantitative estimate of drug-likeness (QED) is 0.929. The number of piperidine rings is 1. The van der Waals surface area contributed by atoms with Gasteiger partial charge in [-0.3, -0.25) is 9.69 Å². The van der Waals surface area contributed by atoms with E-state index in [0.717, 1.165) is 48.8 Å². The van der Waals surface area contributed by atoms with Gasteiger partial charge in [0.2, 0.25) is 0 Å². The molecule has 4 rings (SSSR count). The second-order valence-corrected chi connectivity index (χ2v) is 6.81. The molecule has 2 heterocycles. The van der Waals surface area contributed by atoms with Gasteiger partial charge < -0.3 is 14.8 Å². The zero-order valence-corrected chi connectivity index (χ0v) is 14.3. The van der Waals surface area contributed by atoms with Crippen LogP contribution in [-0.2, 0) is 9.47 Å². The Balaban J connectivity index is 1.37. The summed E-state index contributed by atoms with van der Waals surface area (Å²) in [5.74, 6) is 0.00553. The van der Waals surface area contributed by atoms with Gasteiger partial charge in [-0.15, -0.1) is 0 Å². The first-order chi connectivity index (χ1) is 12.3. The Labute approximate surface area is 147 Å². The highest BCUT2D eigenvalue weighted by molar-refractivity contribution is 5.98. The molecule has 2 aromatic rings. The third-order valence-electron chi connectivity index (χ3n) is 4.95. The monoisotopic (exact) mass is 340 g/mol. The first-order valence-electron chi connectivity index (χ1n) is 9.03. The van der Waals surface area contributed by atoms with E-state index in [1.807, 2.05) is 36.4 Å². The van der Waals surface area contributed by atoms with Crippen molar-refractivity contribution in [2.45, 2.75) is 25.2 Å². The number of amides is 1. The van der Waals surface area contributed by atoms with Gasteiger partial charge in [0.15, 0.2) is 6.29 Å². The van der Waals surface area contributed by atoms with E-state index in [1.54, 1.807) is 0 Å². The molecule has 0 radical (unpaired) electrons. The molecule has 0 spiro atoms. The number of carbonyl (C=O) groups excluding carboxylic acids is 1. The van der Waals surface area contributed by atoms with E-state index in [2.05, 4.69) is 16.3 Å². The molecule has 1 amide bonds. The van der Waals surface area contributed by atoms with Gasteiger partial charge in [0.25, 0.3) is 5.91 Å². The summed E-state index contributed by atoms with van der Waals surface area (Å²) in [4.78, 5) is 15.0. The molecule has 2 aliphatic rings. The van der Waals surface area contributed by atoms with Crippen molar-refractivity contribution in [3.05, 3.63) is 48.0 Å². The number of fused-ring (bicyclic) bond motifs is 1. The fourth-order valence-electron chi connectivity index (χ4n) is 3.66. The minimum atomic E-state index is -0.116. The summed E-state index contributed by atoms with van der Waals surface area (Å²) in [5.41, 5.74) is 0.721. The van der Waals surface area contributed by atoms with Crippen molar-refractivity contribution < 1.29 is 14.3 Å². The lowest BCUT2D eigenvalue weighted by molar-refractivity contribution is -0.0655. The Kier molecular flexibility index (Phi) is 4.97. The molecule has 0 unspecified atom stereocenters. The van der Waals surface area contributed by atoms with Gasteiger partial charge >= 0.3 is 0 Å². The number of ether oxygens (including phenoxy) is 2. The SMILES string of the molecule is O=C(N[C@H]1CCCN(CC2OCCO2)C1)c1ccc2ccccc2c1. The predicted molar refractivity (Wildman–Crippen MR) is 96.6 cm³/mol. The molecular formula is C20H24N2O3. The van der Waals surface area contributed by atoms with Gasteiger partial charge in [-0.05, 0) is 42.3 Å². The van der Waals surface area contributed by atoms with Crippen molar-refractivity contribution in [3.63, 3.8) is 0 Å². The number of carbonyl (C=O) groups is 1. The Morgan fingerprint density at radius 3 is 2.76 bits per heavy atom. The van der Waals surface area contributed by atoms with Crippen LogP contribution in [0.5, 0.6) is 0 Å². The van der Waals surface area contributed by atoms with Crippen molar-refractivity contribution in [2.24, 2.45) is 0 Å². The van der Waals surface area contributed by atoms with Crippen LogP contribution in [0.4, 0.5) is 0 Å². The van der Waals surface area contributed by atoms with Crippen molar-refractivity contribution in [1.82, 2.24) is 10.2 Å². The second-order valence-electron chi connectivity index (χ2n) is 6.81. The number of rotatable bonds is 4. The summed E-state index contributed by atoms with van der Waals surface area (Å²) >= 11 is 0. The third kappa shape index (κ3) is 4.00. The lowest BCUT2D eigenvalue weighted by Gasteiger charge is -2.34. The highest BCUT2D eigenvalue weighted by Gasteiger charge is 2.26. The fourth-order valence-corrected chi connectivity index (χ4v) is 3.66. The zero-order valence-electron chi connectivity index (χ0n) is 14.3. The molecule has 5 heteroatoms. The molecule has 132 valence electrons. The Morgan fingerprint density at radius 2 is 1.92 bits per heavy atom. The summed E-state index contributed by atoms with van der Waals surface area (Å²) in [6.45, 7) is 4.03. The Hall–Kier alpha value is -1.95. The van der Waals surface area contributed by atoms with Crippen molar-refractivity contribution in [2.75, 3.05) is 32.8 Å². The molecular weight excluding hydrogens is 316 g/mol. The molecule has 1 N–H and O–H groups in total. The van der Waals surface area contributed by atoms with Gasteiger partial charge in [-0.25, -0.2) is 0 Å². The number of nitrogens with one attached hydrogen (secondary N) is 1. The normalized spacial score (nSPS) is 22.3. The number of hydrogen-bond acceptors (Lipinski definition) is 4. The summed E-state index contributed by atoms with van der Waals surface area (Å²) in [6.07, 6.45) is 1.98. The predicted octanol–water partition coefficient (Wildman–Crippen LogP) is 2.41. The van der Waals surface area contributed by atoms with Crippen LogP contribution in [0.15, 0.2) is 42.5 Å². The van der Waals surface area contributed by atoms with Gasteiger partial charge in [-0.2, -0.15) is 0 Å². The Bertz CT molecular complexity index is 743. The zero-order chi connectivity index (χ0) is 17.1. The number of likely N-dealkylation sites (tertiary alicyclic amines) is 1. The van der Waals surface area contributed by atoms with Crippen LogP contribution >= 0.6 is 0 Å². The molecule has 0 aliphatic carbocycles. The van der Waals surface area contributed by atoms with E-state index in [0.29, 0.717) is 13.2 Å². The molecule has 2 aromatic carbocycles. The van der Waals surface area contributed by atoms with Crippen LogP contribution in [0.25, 0.3) is 10.8 Å². The molecule has 0 saturated carbocycles. The second kappa shape index (κ2) is 7.52. The number of nitrogens with zero attached hydrogens (tertiary/aromatic N) is 1. The van der Waals surface area contributed by atoms with Crippen LogP contribution in [0, 0.1) is 0 Å². The maximum absolute atomic E-state index is 12.6. The number of benzene rings is 2. The van der Waals surface area contributed by atoms with E-state index < -0.39 is 0 Å². The molecule has 2 saturated heterocycles. The van der Waals surface area contributed by atoms with Crippen molar-refractivity contribution >= 4 is 16.7 Å². The summed E-state index contributed by atoms with van der Waals surface area (Å²) in [6, 6.07) is 14.1. The topological polar surface area (TPSA) is 50.8 Å². The lowest BCUT2D eigenvalue weighted by Crippen LogP contribution is -2.49. The van der Waals surface area contributed by atoms with Gasteiger partial charge in [0.1, 0.15) is 0 Å². The van der Waals surface area contributed by atoms with Crippen LogP contribution < -0.4 is 5.32 Å². The molecule has 1 atom stereocenters. The van der Waals surface area contributed by atoms with Crippen LogP contribution in [-0.4, -0.2) is 56.0 Å². The molecule has 0 aromatic heterocycles. The van der Waals surface area contributed by atoms with Crippen LogP contribution in [0.3, 0.4) is 0 Å². The van der Waals surface area contributed by atoms with E-state index in [9.17, 15) is 4.79 Å². The maximum Gasteiger partial charge on any atom is 0.251 e. The minimum Gasteiger partial charge on any atom is -0.349 e. The van der Waals surface area contributed by atoms with Gasteiger partial charge in [0.05, 0.1) is 13.2 Å². The largest absolute Gasteiger partial charge is 0.349 e. The Morgan fingerprint density at radius 1 is 1.12 bits per heavy atom. The van der Waals surface area contributed by atoms with Gasteiger partial charge in [0, 0.05) is 24.7 Å². The average Bonchev–Trinajstić information content (AvgIpc) is 3.14. The summed E-state index contributed by atoms with van der Waals surface area (Å²) in [7, 11) is 0. The first-order valence-corrected chi connectivity index (χ1v) is 9.03. The maximum atomic E-state index is 12.6. The third-order valence-corrected chi connectivity index (χ3v) is 4.95. The first kappa shape index (κ1) is 16.5. The average molecular weight is 340 g/mol. The smallest absolute Gasteiger partial charge is 0.251 e. The molecule has 5 nitrogen and oxygen atoms in total. The van der Waals surface area contributed by atoms with Crippen LogP contribution in [0.2, 0.25) is 0 Å². The highest BCUT2D eigenvalue weighted by atomic mass is 16.7. The fraction of sp³-hybridized carbons (Fsp3) is 0.450. The van der Waals surface area contributed by atoms with Gasteiger partial charge in [-0.1, -0.05) is 30.3 Å². The van der Waals surface area contributed by atoms with Crippen molar-refractivity contribution in [3.8, 4) is 0 Å².